The van der Waals surface area contributed by atoms with E-state index < -0.39 is 4.92 Å². The first-order valence-corrected chi connectivity index (χ1v) is 5.47. The molecule has 0 N–H and O–H groups in total. The molecule has 0 amide bonds. The Balaban J connectivity index is 2.55. The molecular formula is C9H8BrNO4. The Morgan fingerprint density at radius 1 is 1.40 bits per heavy atom. The van der Waals surface area contributed by atoms with E-state index in [1.807, 2.05) is 0 Å². The fourth-order valence-corrected chi connectivity index (χ4v) is 1.73. The summed E-state index contributed by atoms with van der Waals surface area (Å²) in [6.07, 6.45) is 0. The third-order valence-electron chi connectivity index (χ3n) is 2.03. The molecule has 0 atom stereocenters. The molecule has 1 aromatic carbocycles. The molecule has 2 rings (SSSR count). The second-order valence-corrected chi connectivity index (χ2v) is 3.59. The van der Waals surface area contributed by atoms with Gasteiger partial charge in [-0.3, -0.25) is 10.1 Å². The average molecular weight is 274 g/mol. The molecule has 0 aromatic heterocycles. The van der Waals surface area contributed by atoms with Gasteiger partial charge in [0.05, 0.1) is 4.92 Å². The molecule has 15 heavy (non-hydrogen) atoms. The van der Waals surface area contributed by atoms with E-state index in [9.17, 15) is 10.1 Å². The summed E-state index contributed by atoms with van der Waals surface area (Å²) in [5.74, 6) is 0.681. The number of fused-ring (bicyclic) bond motifs is 1. The van der Waals surface area contributed by atoms with Crippen molar-refractivity contribution in [1.82, 2.24) is 0 Å². The molecule has 0 bridgehead atoms. The minimum absolute atomic E-state index is 0.0401. The van der Waals surface area contributed by atoms with Gasteiger partial charge in [-0.15, -0.1) is 0 Å². The van der Waals surface area contributed by atoms with Crippen molar-refractivity contribution in [2.24, 2.45) is 0 Å². The number of halogens is 1. The van der Waals surface area contributed by atoms with Crippen LogP contribution in [0.15, 0.2) is 12.1 Å². The van der Waals surface area contributed by atoms with Gasteiger partial charge in [0, 0.05) is 11.4 Å². The summed E-state index contributed by atoms with van der Waals surface area (Å²) in [5, 5.41) is 11.3. The van der Waals surface area contributed by atoms with Crippen LogP contribution < -0.4 is 9.47 Å². The molecule has 1 aliphatic rings. The third-order valence-corrected chi connectivity index (χ3v) is 2.68. The van der Waals surface area contributed by atoms with Crippen molar-refractivity contribution in [2.75, 3.05) is 13.2 Å². The summed E-state index contributed by atoms with van der Waals surface area (Å²) in [4.78, 5) is 10.3. The number of hydrogen-bond acceptors (Lipinski definition) is 4. The van der Waals surface area contributed by atoms with Gasteiger partial charge < -0.3 is 9.47 Å². The Hall–Kier alpha value is -1.30. The molecule has 80 valence electrons. The maximum absolute atomic E-state index is 10.8. The van der Waals surface area contributed by atoms with Crippen LogP contribution in [0.25, 0.3) is 0 Å². The number of nitro groups is 1. The topological polar surface area (TPSA) is 61.6 Å². The van der Waals surface area contributed by atoms with Crippen LogP contribution in [0.5, 0.6) is 11.5 Å². The first kappa shape index (κ1) is 10.2. The summed E-state index contributed by atoms with van der Waals surface area (Å²) in [6.45, 7) is 0.775. The zero-order valence-electron chi connectivity index (χ0n) is 7.73. The number of alkyl halides is 1. The van der Waals surface area contributed by atoms with Crippen LogP contribution in [-0.4, -0.2) is 18.1 Å². The van der Waals surface area contributed by atoms with E-state index >= 15 is 0 Å². The predicted octanol–water partition coefficient (Wildman–Crippen LogP) is 2.26. The zero-order chi connectivity index (χ0) is 10.8. The molecule has 5 nitrogen and oxygen atoms in total. The van der Waals surface area contributed by atoms with E-state index in [2.05, 4.69) is 15.9 Å². The third kappa shape index (κ3) is 1.90. The van der Waals surface area contributed by atoms with Crippen molar-refractivity contribution in [3.05, 3.63) is 27.8 Å². The molecule has 0 unspecified atom stereocenters. The Labute approximate surface area is 94.3 Å². The fraction of sp³-hybridized carbons (Fsp3) is 0.333. The Kier molecular flexibility index (Phi) is 2.77. The molecule has 0 aliphatic carbocycles. The summed E-state index contributed by atoms with van der Waals surface area (Å²) in [5.41, 5.74) is 0.757. The Bertz CT molecular complexity index is 407. The molecule has 0 radical (unpaired) electrons. The molecule has 1 heterocycles. The van der Waals surface area contributed by atoms with Crippen molar-refractivity contribution in [3.8, 4) is 11.5 Å². The van der Waals surface area contributed by atoms with Gasteiger partial charge in [0.15, 0.2) is 5.75 Å². The lowest BCUT2D eigenvalue weighted by molar-refractivity contribution is -0.386. The lowest BCUT2D eigenvalue weighted by Gasteiger charge is -2.18. The summed E-state index contributed by atoms with van der Waals surface area (Å²) in [7, 11) is 0. The van der Waals surface area contributed by atoms with Gasteiger partial charge in [0.2, 0.25) is 5.75 Å². The smallest absolute Gasteiger partial charge is 0.315 e. The van der Waals surface area contributed by atoms with E-state index in [1.165, 1.54) is 6.07 Å². The molecule has 0 saturated carbocycles. The van der Waals surface area contributed by atoms with Crippen LogP contribution in [0.1, 0.15) is 5.56 Å². The average Bonchev–Trinajstić information content (AvgIpc) is 2.27. The molecule has 0 spiro atoms. The van der Waals surface area contributed by atoms with Crippen LogP contribution in [0.3, 0.4) is 0 Å². The highest BCUT2D eigenvalue weighted by atomic mass is 79.9. The number of benzene rings is 1. The number of hydrogen-bond donors (Lipinski definition) is 0. The molecule has 0 saturated heterocycles. The van der Waals surface area contributed by atoms with E-state index in [0.717, 1.165) is 5.56 Å². The predicted molar refractivity (Wildman–Crippen MR) is 56.7 cm³/mol. The number of nitrogens with zero attached hydrogens (tertiary/aromatic N) is 1. The largest absolute Gasteiger partial charge is 0.486 e. The van der Waals surface area contributed by atoms with Crippen molar-refractivity contribution in [2.45, 2.75) is 5.33 Å². The minimum Gasteiger partial charge on any atom is -0.486 e. The first-order chi connectivity index (χ1) is 7.22. The maximum Gasteiger partial charge on any atom is 0.315 e. The quantitative estimate of drug-likeness (QED) is 0.471. The van der Waals surface area contributed by atoms with Crippen LogP contribution in [0.2, 0.25) is 0 Å². The van der Waals surface area contributed by atoms with Crippen molar-refractivity contribution in [1.29, 1.82) is 0 Å². The van der Waals surface area contributed by atoms with Gasteiger partial charge in [-0.25, -0.2) is 0 Å². The highest BCUT2D eigenvalue weighted by molar-refractivity contribution is 9.08. The lowest BCUT2D eigenvalue weighted by atomic mass is 10.2. The highest BCUT2D eigenvalue weighted by Crippen LogP contribution is 2.40. The molecule has 1 aromatic rings. The standard InChI is InChI=1S/C9H8BrNO4/c10-5-6-3-7(11(12)13)9-8(4-6)14-1-2-15-9/h3-4H,1-2,5H2. The Morgan fingerprint density at radius 2 is 2.13 bits per heavy atom. The van der Waals surface area contributed by atoms with E-state index in [0.29, 0.717) is 24.3 Å². The van der Waals surface area contributed by atoms with Crippen LogP contribution in [0.4, 0.5) is 5.69 Å². The van der Waals surface area contributed by atoms with Crippen LogP contribution >= 0.6 is 15.9 Å². The molecular weight excluding hydrogens is 266 g/mol. The van der Waals surface area contributed by atoms with Crippen molar-refractivity contribution >= 4 is 21.6 Å². The number of nitro benzene ring substituents is 1. The molecule has 1 aliphatic heterocycles. The second-order valence-electron chi connectivity index (χ2n) is 3.03. The maximum atomic E-state index is 10.8. The van der Waals surface area contributed by atoms with Crippen molar-refractivity contribution < 1.29 is 14.4 Å². The highest BCUT2D eigenvalue weighted by Gasteiger charge is 2.24. The van der Waals surface area contributed by atoms with E-state index in [-0.39, 0.29) is 11.4 Å². The van der Waals surface area contributed by atoms with Gasteiger partial charge in [-0.05, 0) is 11.6 Å². The van der Waals surface area contributed by atoms with Crippen LogP contribution in [0, 0.1) is 10.1 Å². The van der Waals surface area contributed by atoms with E-state index in [1.54, 1.807) is 6.07 Å². The Morgan fingerprint density at radius 3 is 2.80 bits per heavy atom. The van der Waals surface area contributed by atoms with Crippen molar-refractivity contribution in [3.63, 3.8) is 0 Å². The fourth-order valence-electron chi connectivity index (χ4n) is 1.40. The summed E-state index contributed by atoms with van der Waals surface area (Å²) in [6, 6.07) is 3.23. The van der Waals surface area contributed by atoms with Crippen LogP contribution in [-0.2, 0) is 5.33 Å². The molecule has 0 fully saturated rings. The normalized spacial score (nSPS) is 13.7. The van der Waals surface area contributed by atoms with Gasteiger partial charge in [-0.2, -0.15) is 0 Å². The van der Waals surface area contributed by atoms with Gasteiger partial charge in [0.25, 0.3) is 0 Å². The van der Waals surface area contributed by atoms with Gasteiger partial charge in [-0.1, -0.05) is 15.9 Å². The second kappa shape index (κ2) is 4.06. The number of ether oxygens (including phenoxy) is 2. The zero-order valence-corrected chi connectivity index (χ0v) is 9.32. The first-order valence-electron chi connectivity index (χ1n) is 4.35. The minimum atomic E-state index is -0.459. The van der Waals surface area contributed by atoms with Gasteiger partial charge in [0.1, 0.15) is 13.2 Å². The summed E-state index contributed by atoms with van der Waals surface area (Å²) >= 11 is 3.25. The lowest BCUT2D eigenvalue weighted by Crippen LogP contribution is -2.16. The monoisotopic (exact) mass is 273 g/mol. The van der Waals surface area contributed by atoms with E-state index in [4.69, 9.17) is 9.47 Å². The molecule has 6 heteroatoms. The summed E-state index contributed by atoms with van der Waals surface area (Å²) < 4.78 is 10.5. The van der Waals surface area contributed by atoms with Gasteiger partial charge >= 0.3 is 5.69 Å². The number of rotatable bonds is 2. The SMILES string of the molecule is O=[N+]([O-])c1cc(CBr)cc2c1OCCO2.